The molecule has 0 saturated heterocycles. The Balaban J connectivity index is 1.68. The highest BCUT2D eigenvalue weighted by Gasteiger charge is 2.28. The van der Waals surface area contributed by atoms with Crippen molar-refractivity contribution in [2.24, 2.45) is 0 Å². The number of benzene rings is 3. The Bertz CT molecular complexity index is 1560. The molecule has 3 rings (SSSR count). The number of ether oxygens (including phenoxy) is 2. The zero-order chi connectivity index (χ0) is 35.1. The molecule has 4 amide bonds. The maximum Gasteiger partial charge on any atom is 0.408 e. The molecule has 0 aliphatic carbocycles. The van der Waals surface area contributed by atoms with Crippen molar-refractivity contribution in [2.75, 3.05) is 13.1 Å². The average Bonchev–Trinajstić information content (AvgIpc) is 3.05. The smallest absolute Gasteiger partial charge is 0.408 e. The van der Waals surface area contributed by atoms with Crippen LogP contribution in [0.3, 0.4) is 0 Å². The van der Waals surface area contributed by atoms with Crippen molar-refractivity contribution in [3.05, 3.63) is 112 Å². The van der Waals surface area contributed by atoms with Crippen molar-refractivity contribution >= 4 is 35.5 Å². The Labute approximate surface area is 277 Å². The van der Waals surface area contributed by atoms with Gasteiger partial charge in [-0.2, -0.15) is 0 Å². The molecule has 2 atom stereocenters. The zero-order valence-corrected chi connectivity index (χ0v) is 26.9. The van der Waals surface area contributed by atoms with Gasteiger partial charge in [0.1, 0.15) is 30.8 Å². The number of carbonyl (C=O) groups excluding carboxylic acids is 5. The van der Waals surface area contributed by atoms with Gasteiger partial charge in [-0.15, -0.1) is 0 Å². The summed E-state index contributed by atoms with van der Waals surface area (Å²) in [7, 11) is 0. The quantitative estimate of drug-likeness (QED) is 0.108. The Morgan fingerprint density at radius 1 is 0.708 bits per heavy atom. The van der Waals surface area contributed by atoms with E-state index in [4.69, 9.17) is 9.47 Å². The van der Waals surface area contributed by atoms with Gasteiger partial charge in [-0.05, 0) is 49.6 Å². The second kappa shape index (κ2) is 17.8. The van der Waals surface area contributed by atoms with Crippen LogP contribution < -0.4 is 21.3 Å². The van der Waals surface area contributed by atoms with Crippen LogP contribution in [-0.2, 0) is 48.1 Å². The van der Waals surface area contributed by atoms with Gasteiger partial charge in [-0.3, -0.25) is 24.5 Å². The Morgan fingerprint density at radius 2 is 1.25 bits per heavy atom. The molecule has 4 N–H and O–H groups in total. The fourth-order valence-corrected chi connectivity index (χ4v) is 4.30. The van der Waals surface area contributed by atoms with Gasteiger partial charge in [0.25, 0.3) is 5.69 Å². The third-order valence-electron chi connectivity index (χ3n) is 6.58. The third-order valence-corrected chi connectivity index (χ3v) is 6.58. The molecule has 3 aromatic rings. The highest BCUT2D eigenvalue weighted by molar-refractivity contribution is 5.93. The van der Waals surface area contributed by atoms with Crippen LogP contribution in [0.2, 0.25) is 0 Å². The van der Waals surface area contributed by atoms with Gasteiger partial charge in [0.2, 0.25) is 17.7 Å². The van der Waals surface area contributed by atoms with Crippen LogP contribution in [0.15, 0.2) is 84.9 Å². The number of nitrogens with zero attached hydrogens (tertiary/aromatic N) is 1. The number of nitro groups is 1. The number of esters is 1. The fraction of sp³-hybridized carbons (Fsp3) is 0.324. The Kier molecular flexibility index (Phi) is 13.6. The van der Waals surface area contributed by atoms with Gasteiger partial charge in [0.15, 0.2) is 0 Å². The molecule has 0 bridgehead atoms. The molecular weight excluding hydrogens is 622 g/mol. The minimum atomic E-state index is -1.15. The van der Waals surface area contributed by atoms with E-state index < -0.39 is 65.5 Å². The number of non-ortho nitro benzene ring substituents is 1. The van der Waals surface area contributed by atoms with Crippen molar-refractivity contribution in [3.63, 3.8) is 0 Å². The van der Waals surface area contributed by atoms with Crippen LogP contribution in [0, 0.1) is 10.1 Å². The molecule has 0 saturated carbocycles. The minimum Gasteiger partial charge on any atom is -0.459 e. The maximum atomic E-state index is 13.6. The molecule has 48 heavy (non-hydrogen) atoms. The molecule has 0 aliphatic heterocycles. The van der Waals surface area contributed by atoms with E-state index in [9.17, 15) is 34.1 Å². The van der Waals surface area contributed by atoms with Crippen LogP contribution in [0.25, 0.3) is 0 Å². The number of hydrogen-bond acceptors (Lipinski definition) is 9. The largest absolute Gasteiger partial charge is 0.459 e. The molecule has 2 unspecified atom stereocenters. The summed E-state index contributed by atoms with van der Waals surface area (Å²) in [5.41, 5.74) is 1.11. The fourth-order valence-electron chi connectivity index (χ4n) is 4.30. The number of amides is 4. The van der Waals surface area contributed by atoms with E-state index >= 15 is 0 Å². The number of nitro benzene ring substituents is 1. The Morgan fingerprint density at radius 3 is 1.79 bits per heavy atom. The highest BCUT2D eigenvalue weighted by Crippen LogP contribution is 2.14. The molecule has 14 heteroatoms. The van der Waals surface area contributed by atoms with Crippen molar-refractivity contribution in [3.8, 4) is 0 Å². The lowest BCUT2D eigenvalue weighted by atomic mass is 10.0. The van der Waals surface area contributed by atoms with E-state index in [2.05, 4.69) is 21.3 Å². The summed E-state index contributed by atoms with van der Waals surface area (Å²) in [5.74, 6) is -2.76. The van der Waals surface area contributed by atoms with Gasteiger partial charge >= 0.3 is 12.1 Å². The first-order valence-electron chi connectivity index (χ1n) is 15.1. The van der Waals surface area contributed by atoms with Gasteiger partial charge < -0.3 is 30.7 Å². The number of alkyl carbamates (subject to hydrolysis) is 1. The van der Waals surface area contributed by atoms with Gasteiger partial charge in [-0.25, -0.2) is 9.59 Å². The SMILES string of the molecule is CC(C)(C)OC(=O)NCC(=O)NCC(=O)NC(Cc1ccccc1)C(=O)NC(Cc1ccccc1)C(=O)OCc1ccc([N+](=O)[O-])cc1. The predicted octanol–water partition coefficient (Wildman–Crippen LogP) is 2.73. The van der Waals surface area contributed by atoms with E-state index in [0.717, 1.165) is 11.1 Å². The number of hydrogen-bond donors (Lipinski definition) is 4. The standard InChI is InChI=1S/C34H39N5O9/c1-34(2,3)48-33(44)36-20-29(40)35-21-30(41)37-27(18-23-10-6-4-7-11-23)31(42)38-28(19-24-12-8-5-9-13-24)32(43)47-22-25-14-16-26(17-15-25)39(45)46/h4-17,27-28H,18-22H2,1-3H3,(H,35,40)(H,36,44)(H,37,41)(H,38,42). The molecule has 0 spiro atoms. The normalized spacial score (nSPS) is 12.1. The van der Waals surface area contributed by atoms with Crippen LogP contribution in [0.4, 0.5) is 10.5 Å². The van der Waals surface area contributed by atoms with E-state index in [0.29, 0.717) is 5.56 Å². The van der Waals surface area contributed by atoms with Crippen LogP contribution in [0.5, 0.6) is 0 Å². The van der Waals surface area contributed by atoms with Crippen molar-refractivity contribution in [2.45, 2.75) is 57.9 Å². The lowest BCUT2D eigenvalue weighted by Crippen LogP contribution is -2.54. The first-order chi connectivity index (χ1) is 22.8. The first kappa shape index (κ1) is 36.7. The predicted molar refractivity (Wildman–Crippen MR) is 174 cm³/mol. The van der Waals surface area contributed by atoms with Gasteiger partial charge in [-0.1, -0.05) is 60.7 Å². The summed E-state index contributed by atoms with van der Waals surface area (Å²) < 4.78 is 10.6. The summed E-state index contributed by atoms with van der Waals surface area (Å²) in [4.78, 5) is 74.2. The lowest BCUT2D eigenvalue weighted by Gasteiger charge is -2.23. The van der Waals surface area contributed by atoms with Gasteiger partial charge in [0.05, 0.1) is 11.5 Å². The number of carbonyl (C=O) groups is 5. The lowest BCUT2D eigenvalue weighted by molar-refractivity contribution is -0.384. The Hall–Kier alpha value is -5.79. The second-order valence-electron chi connectivity index (χ2n) is 11.7. The molecule has 3 aromatic carbocycles. The summed E-state index contributed by atoms with van der Waals surface area (Å²) in [6, 6.07) is 21.1. The molecule has 14 nitrogen and oxygen atoms in total. The zero-order valence-electron chi connectivity index (χ0n) is 26.9. The molecule has 0 aromatic heterocycles. The maximum absolute atomic E-state index is 13.6. The second-order valence-corrected chi connectivity index (χ2v) is 11.7. The third kappa shape index (κ3) is 13.3. The van der Waals surface area contributed by atoms with E-state index in [1.165, 1.54) is 24.3 Å². The summed E-state index contributed by atoms with van der Waals surface area (Å²) in [6.07, 6.45) is -0.640. The molecule has 0 aliphatic rings. The summed E-state index contributed by atoms with van der Waals surface area (Å²) >= 11 is 0. The van der Waals surface area contributed by atoms with Crippen molar-refractivity contribution in [1.82, 2.24) is 21.3 Å². The average molecular weight is 662 g/mol. The van der Waals surface area contributed by atoms with Crippen molar-refractivity contribution < 1.29 is 38.4 Å². The van der Waals surface area contributed by atoms with E-state index in [-0.39, 0.29) is 25.1 Å². The van der Waals surface area contributed by atoms with Crippen molar-refractivity contribution in [1.29, 1.82) is 0 Å². The molecular formula is C34H39N5O9. The highest BCUT2D eigenvalue weighted by atomic mass is 16.6. The molecule has 0 heterocycles. The minimum absolute atomic E-state index is 0.0719. The first-order valence-corrected chi connectivity index (χ1v) is 15.1. The molecule has 254 valence electrons. The molecule has 0 fully saturated rings. The topological polar surface area (TPSA) is 195 Å². The molecule has 0 radical (unpaired) electrons. The summed E-state index contributed by atoms with van der Waals surface area (Å²) in [5, 5.41) is 20.9. The monoisotopic (exact) mass is 661 g/mol. The van der Waals surface area contributed by atoms with Crippen LogP contribution in [-0.4, -0.2) is 65.5 Å². The van der Waals surface area contributed by atoms with E-state index in [1.807, 2.05) is 6.07 Å². The van der Waals surface area contributed by atoms with Gasteiger partial charge in [0, 0.05) is 25.0 Å². The number of nitrogens with one attached hydrogen (secondary N) is 4. The van der Waals surface area contributed by atoms with Crippen LogP contribution in [0.1, 0.15) is 37.5 Å². The van der Waals surface area contributed by atoms with Crippen LogP contribution >= 0.6 is 0 Å². The number of rotatable bonds is 15. The van der Waals surface area contributed by atoms with E-state index in [1.54, 1.807) is 75.4 Å². The summed E-state index contributed by atoms with van der Waals surface area (Å²) in [6.45, 7) is 3.91.